The first-order valence-corrected chi connectivity index (χ1v) is 7.34. The number of nitrogens with zero attached hydrogens (tertiary/aromatic N) is 1. The van der Waals surface area contributed by atoms with Gasteiger partial charge in [0.25, 0.3) is 5.22 Å². The third kappa shape index (κ3) is 2.27. The maximum Gasteiger partial charge on any atom is 0.261 e. The Bertz CT molecular complexity index is 783. The van der Waals surface area contributed by atoms with E-state index in [9.17, 15) is 0 Å². The summed E-state index contributed by atoms with van der Waals surface area (Å²) in [6.45, 7) is 1.09. The molecular weight excluding hydrogens is 288 g/mol. The number of rotatable bonds is 2. The van der Waals surface area contributed by atoms with Gasteiger partial charge >= 0.3 is 0 Å². The summed E-state index contributed by atoms with van der Waals surface area (Å²) < 4.78 is 16.8. The number of para-hydroxylation sites is 2. The fourth-order valence-electron chi connectivity index (χ4n) is 2.16. The van der Waals surface area contributed by atoms with Crippen LogP contribution < -0.4 is 15.2 Å². The summed E-state index contributed by atoms with van der Waals surface area (Å²) in [4.78, 5) is 5.27. The van der Waals surface area contributed by atoms with Crippen LogP contribution in [0.5, 0.6) is 11.5 Å². The standard InChI is InChI=1S/C15H12N2O3S/c16-9-7-12-13(19-6-5-18-12)8-14(9)21-15-17-10-3-1-2-4-11(10)20-15/h1-4,7-8H,5-6,16H2. The first-order chi connectivity index (χ1) is 10.3. The van der Waals surface area contributed by atoms with Gasteiger partial charge in [-0.15, -0.1) is 0 Å². The third-order valence-electron chi connectivity index (χ3n) is 3.15. The van der Waals surface area contributed by atoms with Crippen LogP contribution in [0, 0.1) is 0 Å². The average molecular weight is 300 g/mol. The highest BCUT2D eigenvalue weighted by Crippen LogP contribution is 2.41. The lowest BCUT2D eigenvalue weighted by atomic mass is 10.2. The predicted molar refractivity (Wildman–Crippen MR) is 80.0 cm³/mol. The van der Waals surface area contributed by atoms with Gasteiger partial charge in [0.05, 0.1) is 0 Å². The molecule has 106 valence electrons. The second-order valence-corrected chi connectivity index (χ2v) is 5.58. The lowest BCUT2D eigenvalue weighted by molar-refractivity contribution is 0.171. The van der Waals surface area contributed by atoms with E-state index in [-0.39, 0.29) is 0 Å². The monoisotopic (exact) mass is 300 g/mol. The zero-order chi connectivity index (χ0) is 14.2. The zero-order valence-corrected chi connectivity index (χ0v) is 11.9. The fourth-order valence-corrected chi connectivity index (χ4v) is 2.97. The lowest BCUT2D eigenvalue weighted by Crippen LogP contribution is -2.15. The van der Waals surface area contributed by atoms with Gasteiger partial charge in [-0.2, -0.15) is 0 Å². The fraction of sp³-hybridized carbons (Fsp3) is 0.133. The number of nitrogens with two attached hydrogens (primary N) is 1. The van der Waals surface area contributed by atoms with Crippen LogP contribution in [-0.2, 0) is 0 Å². The van der Waals surface area contributed by atoms with Gasteiger partial charge in [0.1, 0.15) is 18.7 Å². The quantitative estimate of drug-likeness (QED) is 0.732. The van der Waals surface area contributed by atoms with Crippen LogP contribution >= 0.6 is 11.8 Å². The van der Waals surface area contributed by atoms with Crippen molar-refractivity contribution in [3.8, 4) is 11.5 Å². The number of anilines is 1. The van der Waals surface area contributed by atoms with E-state index >= 15 is 0 Å². The molecule has 0 saturated heterocycles. The highest BCUT2D eigenvalue weighted by atomic mass is 32.2. The molecule has 0 spiro atoms. The number of fused-ring (bicyclic) bond motifs is 2. The first-order valence-electron chi connectivity index (χ1n) is 6.52. The van der Waals surface area contributed by atoms with Crippen LogP contribution in [0.3, 0.4) is 0 Å². The van der Waals surface area contributed by atoms with Crippen molar-refractivity contribution in [2.75, 3.05) is 18.9 Å². The Morgan fingerprint density at radius 1 is 1.05 bits per heavy atom. The summed E-state index contributed by atoms with van der Waals surface area (Å²) in [5.41, 5.74) is 8.27. The number of aromatic nitrogens is 1. The van der Waals surface area contributed by atoms with E-state index in [0.717, 1.165) is 16.0 Å². The maximum atomic E-state index is 6.06. The molecule has 0 bridgehead atoms. The summed E-state index contributed by atoms with van der Waals surface area (Å²) in [5, 5.41) is 0.555. The predicted octanol–water partition coefficient (Wildman–Crippen LogP) is 3.33. The van der Waals surface area contributed by atoms with Gasteiger partial charge in [-0.05, 0) is 23.9 Å². The molecule has 1 aliphatic heterocycles. The number of hydrogen-bond donors (Lipinski definition) is 1. The Balaban J connectivity index is 1.70. The van der Waals surface area contributed by atoms with Crippen molar-refractivity contribution in [2.45, 2.75) is 10.1 Å². The van der Waals surface area contributed by atoms with Crippen molar-refractivity contribution in [3.05, 3.63) is 36.4 Å². The van der Waals surface area contributed by atoms with E-state index < -0.39 is 0 Å². The van der Waals surface area contributed by atoms with Crippen LogP contribution in [0.1, 0.15) is 0 Å². The van der Waals surface area contributed by atoms with Gasteiger partial charge in [0.2, 0.25) is 0 Å². The molecular formula is C15H12N2O3S. The van der Waals surface area contributed by atoms with Gasteiger partial charge in [-0.3, -0.25) is 0 Å². The summed E-state index contributed by atoms with van der Waals surface area (Å²) in [7, 11) is 0. The van der Waals surface area contributed by atoms with Crippen LogP contribution in [0.4, 0.5) is 5.69 Å². The summed E-state index contributed by atoms with van der Waals surface area (Å²) in [6.07, 6.45) is 0. The van der Waals surface area contributed by atoms with Crippen molar-refractivity contribution in [1.29, 1.82) is 0 Å². The minimum Gasteiger partial charge on any atom is -0.486 e. The number of oxazole rings is 1. The molecule has 6 heteroatoms. The minimum absolute atomic E-state index is 0.546. The van der Waals surface area contributed by atoms with E-state index in [1.165, 1.54) is 11.8 Å². The molecule has 4 rings (SSSR count). The smallest absolute Gasteiger partial charge is 0.261 e. The number of benzene rings is 2. The molecule has 0 aliphatic carbocycles. The third-order valence-corrected chi connectivity index (χ3v) is 4.07. The minimum atomic E-state index is 0.546. The second-order valence-electron chi connectivity index (χ2n) is 4.58. The molecule has 2 N–H and O–H groups in total. The zero-order valence-electron chi connectivity index (χ0n) is 11.0. The van der Waals surface area contributed by atoms with Crippen molar-refractivity contribution in [3.63, 3.8) is 0 Å². The highest BCUT2D eigenvalue weighted by molar-refractivity contribution is 7.99. The SMILES string of the molecule is Nc1cc2c(cc1Sc1nc3ccccc3o1)OCCO2. The molecule has 0 fully saturated rings. The highest BCUT2D eigenvalue weighted by Gasteiger charge is 2.17. The first kappa shape index (κ1) is 12.4. The van der Waals surface area contributed by atoms with Crippen LogP contribution in [-0.4, -0.2) is 18.2 Å². The van der Waals surface area contributed by atoms with Crippen molar-refractivity contribution >= 4 is 28.5 Å². The summed E-state index contributed by atoms with van der Waals surface area (Å²) >= 11 is 1.37. The van der Waals surface area contributed by atoms with Gasteiger partial charge in [0.15, 0.2) is 17.1 Å². The molecule has 0 unspecified atom stereocenters. The lowest BCUT2D eigenvalue weighted by Gasteiger charge is -2.19. The van der Waals surface area contributed by atoms with Gasteiger partial charge in [0, 0.05) is 22.7 Å². The Kier molecular flexibility index (Phi) is 2.89. The molecule has 0 saturated carbocycles. The van der Waals surface area contributed by atoms with Gasteiger partial charge < -0.3 is 19.6 Å². The van der Waals surface area contributed by atoms with Gasteiger partial charge in [-0.1, -0.05) is 12.1 Å². The molecule has 0 amide bonds. The topological polar surface area (TPSA) is 70.5 Å². The van der Waals surface area contributed by atoms with E-state index in [4.69, 9.17) is 19.6 Å². The van der Waals surface area contributed by atoms with E-state index in [2.05, 4.69) is 4.98 Å². The van der Waals surface area contributed by atoms with Gasteiger partial charge in [-0.25, -0.2) is 4.98 Å². The van der Waals surface area contributed by atoms with Crippen molar-refractivity contribution < 1.29 is 13.9 Å². The second kappa shape index (κ2) is 4.89. The molecule has 3 aromatic rings. The molecule has 21 heavy (non-hydrogen) atoms. The molecule has 5 nitrogen and oxygen atoms in total. The Morgan fingerprint density at radius 2 is 1.81 bits per heavy atom. The Hall–Kier alpha value is -2.34. The molecule has 1 aromatic heterocycles. The Labute approximate surface area is 125 Å². The molecule has 2 heterocycles. The van der Waals surface area contributed by atoms with Crippen LogP contribution in [0.2, 0.25) is 0 Å². The Morgan fingerprint density at radius 3 is 2.62 bits per heavy atom. The van der Waals surface area contributed by atoms with E-state index in [0.29, 0.717) is 35.6 Å². The maximum absolute atomic E-state index is 6.06. The number of nitrogen functional groups attached to an aromatic ring is 1. The molecule has 1 aliphatic rings. The van der Waals surface area contributed by atoms with Crippen molar-refractivity contribution in [2.24, 2.45) is 0 Å². The molecule has 2 aromatic carbocycles. The molecule has 0 atom stereocenters. The number of ether oxygens (including phenoxy) is 2. The van der Waals surface area contributed by atoms with E-state index in [1.807, 2.05) is 30.3 Å². The van der Waals surface area contributed by atoms with E-state index in [1.54, 1.807) is 6.07 Å². The van der Waals surface area contributed by atoms with Crippen molar-refractivity contribution in [1.82, 2.24) is 4.98 Å². The summed E-state index contributed by atoms with van der Waals surface area (Å²) in [5.74, 6) is 1.38. The van der Waals surface area contributed by atoms with Crippen LogP contribution in [0.15, 0.2) is 50.9 Å². The normalized spacial score (nSPS) is 13.5. The average Bonchev–Trinajstić information content (AvgIpc) is 2.90. The largest absolute Gasteiger partial charge is 0.486 e. The summed E-state index contributed by atoms with van der Waals surface area (Å²) in [6, 6.07) is 11.3. The van der Waals surface area contributed by atoms with Crippen LogP contribution in [0.25, 0.3) is 11.1 Å². The number of hydrogen-bond acceptors (Lipinski definition) is 6. The molecule has 0 radical (unpaired) electrons.